The number of likely N-dealkylation sites (tertiary alicyclic amines) is 1. The number of anilines is 1. The Bertz CT molecular complexity index is 639. The number of carbonyl (C=O) groups excluding carboxylic acids is 1. The molecule has 0 radical (unpaired) electrons. The molecule has 0 bridgehead atoms. The lowest BCUT2D eigenvalue weighted by atomic mass is 9.83. The first-order valence-electron chi connectivity index (χ1n) is 12.1. The molecule has 1 aromatic rings. The number of hydrogen-bond donors (Lipinski definition) is 1. The third-order valence-electron chi connectivity index (χ3n) is 5.98. The van der Waals surface area contributed by atoms with Gasteiger partial charge in [0.15, 0.2) is 0 Å². The first-order valence-corrected chi connectivity index (χ1v) is 12.1. The highest BCUT2D eigenvalue weighted by Crippen LogP contribution is 2.31. The molecular formula is C26H44N2O3. The van der Waals surface area contributed by atoms with Gasteiger partial charge in [-0.1, -0.05) is 34.6 Å². The van der Waals surface area contributed by atoms with Crippen molar-refractivity contribution in [2.75, 3.05) is 38.2 Å². The van der Waals surface area contributed by atoms with Gasteiger partial charge in [0.25, 0.3) is 5.91 Å². The summed E-state index contributed by atoms with van der Waals surface area (Å²) in [5.41, 5.74) is -0.0166. The molecule has 1 fully saturated rings. The van der Waals surface area contributed by atoms with Gasteiger partial charge in [0.2, 0.25) is 0 Å². The fourth-order valence-corrected chi connectivity index (χ4v) is 4.51. The lowest BCUT2D eigenvalue weighted by Gasteiger charge is -2.35. The zero-order valence-electron chi connectivity index (χ0n) is 20.6. The second kappa shape index (κ2) is 12.4. The van der Waals surface area contributed by atoms with Gasteiger partial charge >= 0.3 is 0 Å². The topological polar surface area (TPSA) is 50.8 Å². The van der Waals surface area contributed by atoms with Crippen molar-refractivity contribution in [1.82, 2.24) is 4.90 Å². The fourth-order valence-electron chi connectivity index (χ4n) is 4.51. The summed E-state index contributed by atoms with van der Waals surface area (Å²) in [6.07, 6.45) is 3.99. The van der Waals surface area contributed by atoms with E-state index in [1.54, 1.807) is 0 Å². The van der Waals surface area contributed by atoms with Crippen molar-refractivity contribution < 1.29 is 14.3 Å². The quantitative estimate of drug-likeness (QED) is 0.467. The van der Waals surface area contributed by atoms with Crippen LogP contribution in [0.25, 0.3) is 0 Å². The predicted octanol–water partition coefficient (Wildman–Crippen LogP) is 5.60. The van der Waals surface area contributed by atoms with E-state index in [0.29, 0.717) is 37.9 Å². The van der Waals surface area contributed by atoms with Crippen LogP contribution in [0, 0.1) is 17.8 Å². The molecule has 31 heavy (non-hydrogen) atoms. The van der Waals surface area contributed by atoms with Crippen molar-refractivity contribution in [1.29, 1.82) is 0 Å². The summed E-state index contributed by atoms with van der Waals surface area (Å²) in [7, 11) is 0. The van der Waals surface area contributed by atoms with E-state index >= 15 is 0 Å². The largest absolute Gasteiger partial charge is 0.492 e. The maximum atomic E-state index is 13.3. The molecule has 1 aromatic carbocycles. The molecule has 0 saturated carbocycles. The zero-order valence-corrected chi connectivity index (χ0v) is 20.6. The molecule has 0 spiro atoms. The maximum absolute atomic E-state index is 13.3. The van der Waals surface area contributed by atoms with Crippen molar-refractivity contribution in [2.24, 2.45) is 17.8 Å². The van der Waals surface area contributed by atoms with Crippen LogP contribution >= 0.6 is 0 Å². The Hall–Kier alpha value is -1.59. The lowest BCUT2D eigenvalue weighted by molar-refractivity contribution is -0.146. The molecule has 5 heteroatoms. The molecule has 5 nitrogen and oxygen atoms in total. The number of nitrogens with one attached hydrogen (secondary N) is 1. The average molecular weight is 433 g/mol. The average Bonchev–Trinajstić information content (AvgIpc) is 2.70. The molecule has 1 N–H and O–H groups in total. The van der Waals surface area contributed by atoms with E-state index in [1.807, 2.05) is 31.2 Å². The molecule has 0 unspecified atom stereocenters. The number of hydrogen-bond acceptors (Lipinski definition) is 4. The summed E-state index contributed by atoms with van der Waals surface area (Å²) in [5, 5.41) is 3.09. The van der Waals surface area contributed by atoms with E-state index in [0.717, 1.165) is 23.9 Å². The number of nitrogens with zero attached hydrogens (tertiary/aromatic N) is 1. The van der Waals surface area contributed by atoms with Gasteiger partial charge < -0.3 is 14.8 Å². The van der Waals surface area contributed by atoms with Crippen LogP contribution in [0.2, 0.25) is 0 Å². The van der Waals surface area contributed by atoms with E-state index in [-0.39, 0.29) is 5.91 Å². The van der Waals surface area contributed by atoms with E-state index in [2.05, 4.69) is 44.8 Å². The molecule has 0 aliphatic carbocycles. The molecule has 1 heterocycles. The Morgan fingerprint density at radius 1 is 1.10 bits per heavy atom. The molecule has 2 rings (SSSR count). The van der Waals surface area contributed by atoms with E-state index < -0.39 is 5.60 Å². The van der Waals surface area contributed by atoms with E-state index in [4.69, 9.17) is 9.47 Å². The Balaban J connectivity index is 1.92. The van der Waals surface area contributed by atoms with E-state index in [1.165, 1.54) is 25.9 Å². The Labute approximate surface area is 189 Å². The summed E-state index contributed by atoms with van der Waals surface area (Å²) >= 11 is 0. The van der Waals surface area contributed by atoms with Crippen LogP contribution in [-0.2, 0) is 9.53 Å². The number of carbonyl (C=O) groups is 1. The summed E-state index contributed by atoms with van der Waals surface area (Å²) in [4.78, 5) is 15.8. The van der Waals surface area contributed by atoms with Gasteiger partial charge in [0.05, 0.1) is 0 Å². The number of rotatable bonds is 12. The van der Waals surface area contributed by atoms with Crippen molar-refractivity contribution in [3.63, 3.8) is 0 Å². The minimum Gasteiger partial charge on any atom is -0.492 e. The second-order valence-corrected chi connectivity index (χ2v) is 9.97. The van der Waals surface area contributed by atoms with Gasteiger partial charge in [-0.3, -0.25) is 9.69 Å². The zero-order chi connectivity index (χ0) is 22.9. The van der Waals surface area contributed by atoms with Crippen molar-refractivity contribution in [3.05, 3.63) is 24.3 Å². The van der Waals surface area contributed by atoms with Gasteiger partial charge in [0.1, 0.15) is 18.0 Å². The highest BCUT2D eigenvalue weighted by molar-refractivity contribution is 5.97. The smallest absolute Gasteiger partial charge is 0.256 e. The first kappa shape index (κ1) is 25.7. The molecule has 176 valence electrons. The molecule has 1 saturated heterocycles. The molecule has 1 aliphatic rings. The van der Waals surface area contributed by atoms with Crippen LogP contribution in [0.1, 0.15) is 67.2 Å². The highest BCUT2D eigenvalue weighted by Gasteiger charge is 2.40. The molecule has 0 aromatic heterocycles. The highest BCUT2D eigenvalue weighted by atomic mass is 16.5. The number of ether oxygens (including phenoxy) is 2. The van der Waals surface area contributed by atoms with Crippen LogP contribution in [0.3, 0.4) is 0 Å². The standard InChI is InChI=1S/C26H44N2O3/c1-7-31-26(18-20(2)3,19-21(4)5)25(29)27-23-8-10-24(11-9-23)30-17-16-28-14-12-22(6)13-15-28/h8-11,20-22H,7,12-19H2,1-6H3,(H,27,29). The minimum atomic E-state index is -0.793. The Morgan fingerprint density at radius 2 is 1.68 bits per heavy atom. The minimum absolute atomic E-state index is 0.0512. The monoisotopic (exact) mass is 432 g/mol. The van der Waals surface area contributed by atoms with Crippen molar-refractivity contribution >= 4 is 11.6 Å². The summed E-state index contributed by atoms with van der Waals surface area (Å²) < 4.78 is 12.0. The molecule has 1 aliphatic heterocycles. The van der Waals surface area contributed by atoms with Gasteiger partial charge in [-0.15, -0.1) is 0 Å². The third-order valence-corrected chi connectivity index (χ3v) is 5.98. The van der Waals surface area contributed by atoms with Crippen LogP contribution in [0.4, 0.5) is 5.69 Å². The maximum Gasteiger partial charge on any atom is 0.256 e. The Kier molecular flexibility index (Phi) is 10.3. The summed E-state index contributed by atoms with van der Waals surface area (Å²) in [6.45, 7) is 17.4. The second-order valence-electron chi connectivity index (χ2n) is 9.97. The van der Waals surface area contributed by atoms with Crippen molar-refractivity contribution in [3.8, 4) is 5.75 Å². The van der Waals surface area contributed by atoms with Crippen LogP contribution < -0.4 is 10.1 Å². The third kappa shape index (κ3) is 8.46. The Morgan fingerprint density at radius 3 is 2.19 bits per heavy atom. The van der Waals surface area contributed by atoms with Gasteiger partial charge in [-0.2, -0.15) is 0 Å². The summed E-state index contributed by atoms with van der Waals surface area (Å²) in [6, 6.07) is 7.69. The molecular weight excluding hydrogens is 388 g/mol. The number of piperidine rings is 1. The fraction of sp³-hybridized carbons (Fsp3) is 0.731. The predicted molar refractivity (Wildman–Crippen MR) is 129 cm³/mol. The normalized spacial score (nSPS) is 16.1. The number of benzene rings is 1. The van der Waals surface area contributed by atoms with E-state index in [9.17, 15) is 4.79 Å². The first-order chi connectivity index (χ1) is 14.7. The van der Waals surface area contributed by atoms with Crippen LogP contribution in [0.15, 0.2) is 24.3 Å². The van der Waals surface area contributed by atoms with Gasteiger partial charge in [-0.25, -0.2) is 0 Å². The van der Waals surface area contributed by atoms with Gasteiger partial charge in [-0.05, 0) is 87.7 Å². The molecule has 1 amide bonds. The SMILES string of the molecule is CCOC(CC(C)C)(CC(C)C)C(=O)Nc1ccc(OCCN2CCC(C)CC2)cc1. The van der Waals surface area contributed by atoms with Crippen LogP contribution in [-0.4, -0.2) is 49.3 Å². The van der Waals surface area contributed by atoms with Gasteiger partial charge in [0, 0.05) is 18.8 Å². The van der Waals surface area contributed by atoms with Crippen molar-refractivity contribution in [2.45, 2.75) is 72.8 Å². The lowest BCUT2D eigenvalue weighted by Crippen LogP contribution is -2.47. The summed E-state index contributed by atoms with van der Waals surface area (Å²) in [5.74, 6) is 2.38. The molecule has 0 atom stereocenters. The number of amides is 1. The van der Waals surface area contributed by atoms with Crippen LogP contribution in [0.5, 0.6) is 5.75 Å².